The van der Waals surface area contributed by atoms with Gasteiger partial charge in [-0.3, -0.25) is 0 Å². The van der Waals surface area contributed by atoms with Crippen molar-refractivity contribution in [3.8, 4) is 11.8 Å². The lowest BCUT2D eigenvalue weighted by Gasteiger charge is -2.05. The minimum atomic E-state index is 0. The summed E-state index contributed by atoms with van der Waals surface area (Å²) in [5.41, 5.74) is 0.623. The van der Waals surface area contributed by atoms with Crippen molar-refractivity contribution in [2.24, 2.45) is 4.99 Å². The summed E-state index contributed by atoms with van der Waals surface area (Å²) in [5.74, 6) is 1.30. The second-order valence-corrected chi connectivity index (χ2v) is 3.81. The van der Waals surface area contributed by atoms with Crippen LogP contribution in [0.25, 0.3) is 0 Å². The molecule has 0 aliphatic heterocycles. The van der Waals surface area contributed by atoms with Crippen LogP contribution < -0.4 is 4.74 Å². The predicted molar refractivity (Wildman–Crippen MR) is 80.3 cm³/mol. The van der Waals surface area contributed by atoms with E-state index >= 15 is 0 Å². The van der Waals surface area contributed by atoms with E-state index in [0.29, 0.717) is 17.2 Å². The lowest BCUT2D eigenvalue weighted by atomic mass is 10.2. The summed E-state index contributed by atoms with van der Waals surface area (Å²) < 4.78 is 5.65. The Hall–Kier alpha value is -2.08. The standard InChI is InChI=1S/C15H18N2O.CH4/c1-3-5-6-7-15(17-4-2)18-14-10-8-13(12-16)9-11-14;/h4,7-11H,3,5-6H2,1-2H3;1H4/b15-7+,17-4-;. The maximum atomic E-state index is 8.71. The van der Waals surface area contributed by atoms with Gasteiger partial charge in [-0.15, -0.1) is 0 Å². The molecule has 0 aliphatic rings. The number of nitrogens with zero attached hydrogens (tertiary/aromatic N) is 2. The normalized spacial score (nSPS) is 10.9. The van der Waals surface area contributed by atoms with Crippen LogP contribution in [0.2, 0.25) is 0 Å². The van der Waals surface area contributed by atoms with Gasteiger partial charge in [-0.05, 0) is 50.1 Å². The minimum absolute atomic E-state index is 0. The molecule has 19 heavy (non-hydrogen) atoms. The molecule has 0 amide bonds. The molecule has 0 aromatic heterocycles. The molecule has 0 spiro atoms. The van der Waals surface area contributed by atoms with Crippen molar-refractivity contribution in [2.75, 3.05) is 0 Å². The van der Waals surface area contributed by atoms with Crippen molar-refractivity contribution in [2.45, 2.75) is 40.5 Å². The van der Waals surface area contributed by atoms with E-state index < -0.39 is 0 Å². The fraction of sp³-hybridized carbons (Fsp3) is 0.375. The summed E-state index contributed by atoms with van der Waals surface area (Å²) in [5, 5.41) is 8.71. The Kier molecular flexibility index (Phi) is 8.82. The molecule has 0 heterocycles. The first-order valence-electron chi connectivity index (χ1n) is 6.17. The van der Waals surface area contributed by atoms with Crippen molar-refractivity contribution in [1.29, 1.82) is 5.26 Å². The van der Waals surface area contributed by atoms with Gasteiger partial charge >= 0.3 is 0 Å². The Bertz CT molecular complexity index is 453. The number of ether oxygens (including phenoxy) is 1. The first-order valence-corrected chi connectivity index (χ1v) is 6.17. The number of benzene rings is 1. The van der Waals surface area contributed by atoms with Gasteiger partial charge < -0.3 is 4.74 Å². The molecule has 1 aromatic carbocycles. The molecule has 1 rings (SSSR count). The van der Waals surface area contributed by atoms with Crippen LogP contribution in [0.3, 0.4) is 0 Å². The molecule has 0 saturated heterocycles. The van der Waals surface area contributed by atoms with Gasteiger partial charge in [0, 0.05) is 6.21 Å². The quantitative estimate of drug-likeness (QED) is 0.422. The zero-order chi connectivity index (χ0) is 13.2. The molecule has 0 bridgehead atoms. The van der Waals surface area contributed by atoms with E-state index in [9.17, 15) is 0 Å². The predicted octanol–water partition coefficient (Wildman–Crippen LogP) is 4.70. The van der Waals surface area contributed by atoms with Gasteiger partial charge in [-0.25, -0.2) is 4.99 Å². The number of rotatable bonds is 6. The maximum Gasteiger partial charge on any atom is 0.214 e. The van der Waals surface area contributed by atoms with Crippen LogP contribution in [0.15, 0.2) is 41.2 Å². The highest BCUT2D eigenvalue weighted by Crippen LogP contribution is 2.16. The summed E-state index contributed by atoms with van der Waals surface area (Å²) in [6.07, 6.45) is 6.93. The number of hydrogen-bond donors (Lipinski definition) is 0. The van der Waals surface area contributed by atoms with E-state index in [4.69, 9.17) is 10.00 Å². The number of unbranched alkanes of at least 4 members (excludes halogenated alkanes) is 2. The largest absolute Gasteiger partial charge is 0.439 e. The first-order chi connectivity index (χ1) is 8.80. The zero-order valence-corrected chi connectivity index (χ0v) is 10.9. The van der Waals surface area contributed by atoms with Crippen LogP contribution >= 0.6 is 0 Å². The Morgan fingerprint density at radius 2 is 2.05 bits per heavy atom. The van der Waals surface area contributed by atoms with Crippen molar-refractivity contribution in [3.05, 3.63) is 41.8 Å². The van der Waals surface area contributed by atoms with Crippen LogP contribution in [0, 0.1) is 11.3 Å². The second kappa shape index (κ2) is 9.90. The summed E-state index contributed by atoms with van der Waals surface area (Å²) in [6, 6.07) is 9.09. The van der Waals surface area contributed by atoms with Gasteiger partial charge in [0.15, 0.2) is 0 Å². The number of aliphatic imine (C=N–C) groups is 1. The van der Waals surface area contributed by atoms with Gasteiger partial charge in [0.2, 0.25) is 5.88 Å². The SMILES string of the molecule is C.C/C=N\C(=C/CCCC)Oc1ccc(C#N)cc1. The van der Waals surface area contributed by atoms with E-state index in [1.165, 1.54) is 0 Å². The molecule has 1 aromatic rings. The Balaban J connectivity index is 0.00000324. The molecule has 3 heteroatoms. The molecule has 0 N–H and O–H groups in total. The Morgan fingerprint density at radius 1 is 1.37 bits per heavy atom. The van der Waals surface area contributed by atoms with Crippen LogP contribution in [0.5, 0.6) is 5.75 Å². The highest BCUT2D eigenvalue weighted by atomic mass is 16.5. The van der Waals surface area contributed by atoms with Crippen molar-refractivity contribution in [1.82, 2.24) is 0 Å². The minimum Gasteiger partial charge on any atom is -0.439 e. The molecule has 3 nitrogen and oxygen atoms in total. The van der Waals surface area contributed by atoms with Crippen LogP contribution in [0.4, 0.5) is 0 Å². The smallest absolute Gasteiger partial charge is 0.214 e. The second-order valence-electron chi connectivity index (χ2n) is 3.81. The van der Waals surface area contributed by atoms with E-state index in [2.05, 4.69) is 18.0 Å². The fourth-order valence-electron chi connectivity index (χ4n) is 1.40. The molecule has 0 saturated carbocycles. The Labute approximate surface area is 116 Å². The Morgan fingerprint density at radius 3 is 2.58 bits per heavy atom. The van der Waals surface area contributed by atoms with Crippen molar-refractivity contribution in [3.63, 3.8) is 0 Å². The van der Waals surface area contributed by atoms with E-state index in [1.807, 2.05) is 13.0 Å². The maximum absolute atomic E-state index is 8.71. The fourth-order valence-corrected chi connectivity index (χ4v) is 1.40. The van der Waals surface area contributed by atoms with E-state index in [0.717, 1.165) is 19.3 Å². The third-order valence-electron chi connectivity index (χ3n) is 2.34. The monoisotopic (exact) mass is 258 g/mol. The molecule has 0 aliphatic carbocycles. The molecular weight excluding hydrogens is 236 g/mol. The topological polar surface area (TPSA) is 45.4 Å². The molecule has 0 fully saturated rings. The molecular formula is C16H22N2O. The van der Waals surface area contributed by atoms with Gasteiger partial charge in [0.05, 0.1) is 11.6 Å². The lowest BCUT2D eigenvalue weighted by Crippen LogP contribution is -1.93. The molecule has 0 radical (unpaired) electrons. The molecule has 0 unspecified atom stereocenters. The van der Waals surface area contributed by atoms with Crippen LogP contribution in [0.1, 0.15) is 46.1 Å². The average Bonchev–Trinajstić information content (AvgIpc) is 2.40. The third kappa shape index (κ3) is 6.42. The number of allylic oxidation sites excluding steroid dienone is 1. The third-order valence-corrected chi connectivity index (χ3v) is 2.34. The summed E-state index contributed by atoms with van der Waals surface area (Å²) in [4.78, 5) is 4.18. The summed E-state index contributed by atoms with van der Waals surface area (Å²) in [7, 11) is 0. The van der Waals surface area contributed by atoms with Crippen LogP contribution in [-0.4, -0.2) is 6.21 Å². The average molecular weight is 258 g/mol. The summed E-state index contributed by atoms with van der Waals surface area (Å²) >= 11 is 0. The highest BCUT2D eigenvalue weighted by Gasteiger charge is 1.98. The zero-order valence-electron chi connectivity index (χ0n) is 10.9. The van der Waals surface area contributed by atoms with Gasteiger partial charge in [0.1, 0.15) is 5.75 Å². The van der Waals surface area contributed by atoms with Crippen molar-refractivity contribution >= 4 is 6.21 Å². The van der Waals surface area contributed by atoms with Gasteiger partial charge in [-0.1, -0.05) is 20.8 Å². The van der Waals surface area contributed by atoms with Gasteiger partial charge in [0.25, 0.3) is 0 Å². The van der Waals surface area contributed by atoms with Gasteiger partial charge in [-0.2, -0.15) is 5.26 Å². The first kappa shape index (κ1) is 16.9. The molecule has 102 valence electrons. The van der Waals surface area contributed by atoms with E-state index in [-0.39, 0.29) is 7.43 Å². The van der Waals surface area contributed by atoms with E-state index in [1.54, 1.807) is 30.5 Å². The lowest BCUT2D eigenvalue weighted by molar-refractivity contribution is 0.418. The molecule has 0 atom stereocenters. The number of nitriles is 1. The van der Waals surface area contributed by atoms with Crippen molar-refractivity contribution < 1.29 is 4.74 Å². The summed E-state index contributed by atoms with van der Waals surface area (Å²) in [6.45, 7) is 4.01. The highest BCUT2D eigenvalue weighted by molar-refractivity contribution is 5.55. The number of hydrogen-bond acceptors (Lipinski definition) is 3. The van der Waals surface area contributed by atoms with Crippen LogP contribution in [-0.2, 0) is 0 Å².